The van der Waals surface area contributed by atoms with Gasteiger partial charge in [0.1, 0.15) is 24.4 Å². The highest BCUT2D eigenvalue weighted by Crippen LogP contribution is 2.26. The Morgan fingerprint density at radius 1 is 0.549 bits per heavy atom. The largest absolute Gasteiger partial charge is 0.454 e. The van der Waals surface area contributed by atoms with E-state index in [0.717, 1.165) is 77.0 Å². The molecule has 8 unspecified atom stereocenters. The number of allylic oxidation sites excluding steroid dienone is 11. The molecule has 410 valence electrons. The van der Waals surface area contributed by atoms with Gasteiger partial charge in [-0.2, -0.15) is 0 Å². The van der Waals surface area contributed by atoms with Crippen LogP contribution in [0.1, 0.15) is 233 Å². The molecule has 8 atom stereocenters. The fourth-order valence-electron chi connectivity index (χ4n) is 8.46. The highest BCUT2D eigenvalue weighted by Gasteiger charge is 2.47. The fraction of sp³-hybridized carbons (Fsp3) is 0.767. The number of carbonyl (C=O) groups is 2. The Morgan fingerprint density at radius 3 is 1.49 bits per heavy atom. The normalized spacial score (nSPS) is 20.1. The van der Waals surface area contributed by atoms with Crippen molar-refractivity contribution < 1.29 is 49.3 Å². The molecule has 1 aliphatic heterocycles. The molecule has 0 spiro atoms. The second kappa shape index (κ2) is 48.1. The summed E-state index contributed by atoms with van der Waals surface area (Å²) in [5.41, 5.74) is 0. The van der Waals surface area contributed by atoms with E-state index in [-0.39, 0.29) is 19.4 Å². The zero-order chi connectivity index (χ0) is 51.8. The van der Waals surface area contributed by atoms with Gasteiger partial charge in [0.25, 0.3) is 0 Å². The fourth-order valence-corrected chi connectivity index (χ4v) is 8.46. The first kappa shape index (κ1) is 66.1. The Balaban J connectivity index is 2.81. The minimum Gasteiger partial charge on any atom is -0.454 e. The lowest BCUT2D eigenvalue weighted by Crippen LogP contribution is -2.61. The molecule has 0 bridgehead atoms. The maximum absolute atomic E-state index is 13.4. The summed E-state index contributed by atoms with van der Waals surface area (Å²) >= 11 is 0. The second-order valence-corrected chi connectivity index (χ2v) is 19.7. The molecule has 11 heteroatoms. The van der Waals surface area contributed by atoms with Crippen molar-refractivity contribution in [2.24, 2.45) is 0 Å². The van der Waals surface area contributed by atoms with E-state index in [1.54, 1.807) is 6.08 Å². The molecule has 1 heterocycles. The minimum absolute atomic E-state index is 0.0944. The number of amides is 1. The quantitative estimate of drug-likeness (QED) is 0.0196. The van der Waals surface area contributed by atoms with Crippen LogP contribution >= 0.6 is 0 Å². The third kappa shape index (κ3) is 36.6. The van der Waals surface area contributed by atoms with Crippen LogP contribution in [0, 0.1) is 0 Å². The van der Waals surface area contributed by atoms with E-state index in [0.29, 0.717) is 12.8 Å². The number of esters is 1. The molecule has 1 saturated heterocycles. The highest BCUT2D eigenvalue weighted by atomic mass is 16.7. The Morgan fingerprint density at radius 2 is 0.972 bits per heavy atom. The molecular formula is C60H105NO10. The average Bonchev–Trinajstić information content (AvgIpc) is 3.37. The van der Waals surface area contributed by atoms with E-state index in [1.807, 2.05) is 18.2 Å². The predicted molar refractivity (Wildman–Crippen MR) is 292 cm³/mol. The Hall–Kier alpha value is -2.90. The monoisotopic (exact) mass is 1000 g/mol. The summed E-state index contributed by atoms with van der Waals surface area (Å²) in [6, 6.07) is -1.06. The van der Waals surface area contributed by atoms with Crippen LogP contribution in [0.3, 0.4) is 0 Å². The van der Waals surface area contributed by atoms with Gasteiger partial charge in [-0.3, -0.25) is 9.59 Å². The van der Waals surface area contributed by atoms with Gasteiger partial charge < -0.3 is 45.1 Å². The van der Waals surface area contributed by atoms with Crippen LogP contribution in [0.4, 0.5) is 0 Å². The van der Waals surface area contributed by atoms with Crippen molar-refractivity contribution >= 4 is 11.9 Å². The smallest absolute Gasteiger partial charge is 0.306 e. The summed E-state index contributed by atoms with van der Waals surface area (Å²) in [4.78, 5) is 26.4. The van der Waals surface area contributed by atoms with E-state index in [9.17, 15) is 35.1 Å². The molecule has 1 amide bonds. The molecule has 0 aromatic carbocycles. The van der Waals surface area contributed by atoms with Gasteiger partial charge >= 0.3 is 5.97 Å². The Bertz CT molecular complexity index is 1430. The van der Waals surface area contributed by atoms with Gasteiger partial charge in [-0.15, -0.1) is 0 Å². The van der Waals surface area contributed by atoms with E-state index in [1.165, 1.54) is 109 Å². The number of rotatable bonds is 47. The van der Waals surface area contributed by atoms with Gasteiger partial charge in [0, 0.05) is 6.42 Å². The molecule has 6 N–H and O–H groups in total. The van der Waals surface area contributed by atoms with Crippen molar-refractivity contribution in [2.75, 3.05) is 13.2 Å². The van der Waals surface area contributed by atoms with Crippen LogP contribution in [0.2, 0.25) is 0 Å². The van der Waals surface area contributed by atoms with Gasteiger partial charge in [0.2, 0.25) is 5.91 Å². The first-order valence-corrected chi connectivity index (χ1v) is 28.7. The van der Waals surface area contributed by atoms with Crippen molar-refractivity contribution in [1.82, 2.24) is 5.32 Å². The third-order valence-corrected chi connectivity index (χ3v) is 13.1. The minimum atomic E-state index is -1.63. The lowest BCUT2D eigenvalue weighted by atomic mass is 9.99. The van der Waals surface area contributed by atoms with Crippen LogP contribution in [0.15, 0.2) is 72.9 Å². The molecule has 0 aliphatic carbocycles. The van der Waals surface area contributed by atoms with Crippen molar-refractivity contribution in [2.45, 2.75) is 282 Å². The van der Waals surface area contributed by atoms with Crippen LogP contribution in [-0.2, 0) is 23.8 Å². The van der Waals surface area contributed by atoms with Gasteiger partial charge in [0.15, 0.2) is 12.4 Å². The number of hydrogen-bond donors (Lipinski definition) is 6. The number of carbonyl (C=O) groups excluding carboxylic acids is 2. The molecule has 1 rings (SSSR count). The van der Waals surface area contributed by atoms with E-state index >= 15 is 0 Å². The topological polar surface area (TPSA) is 175 Å². The van der Waals surface area contributed by atoms with Crippen molar-refractivity contribution in [3.63, 3.8) is 0 Å². The summed E-state index contributed by atoms with van der Waals surface area (Å²) < 4.78 is 17.5. The molecule has 1 aliphatic rings. The van der Waals surface area contributed by atoms with Gasteiger partial charge in [-0.05, 0) is 89.9 Å². The van der Waals surface area contributed by atoms with Gasteiger partial charge in [-0.1, -0.05) is 209 Å². The molecule has 11 nitrogen and oxygen atoms in total. The predicted octanol–water partition coefficient (Wildman–Crippen LogP) is 12.8. The van der Waals surface area contributed by atoms with Gasteiger partial charge in [0.05, 0.1) is 25.4 Å². The third-order valence-electron chi connectivity index (χ3n) is 13.1. The first-order chi connectivity index (χ1) is 34.7. The van der Waals surface area contributed by atoms with Crippen LogP contribution in [0.25, 0.3) is 0 Å². The maximum Gasteiger partial charge on any atom is 0.306 e. The molecule has 0 saturated carbocycles. The number of unbranched alkanes of at least 4 members (excludes halogenated alkanes) is 23. The summed E-state index contributed by atoms with van der Waals surface area (Å²) in [5, 5.41) is 56.7. The zero-order valence-corrected chi connectivity index (χ0v) is 45.1. The SMILES string of the molecule is CCCCC/C=C\C/C=C\C/C=C\C/C=C\CCC(O)C(=O)NC(COC1OC(CO)C(O)C(O)C1OC(=O)CCCCC/C=C\CCCCCCCC)C(O)/C=C/CCCCCCCCCCCCC. The maximum atomic E-state index is 13.4. The Kier molecular flexibility index (Phi) is 44.8. The highest BCUT2D eigenvalue weighted by molar-refractivity contribution is 5.80. The lowest BCUT2D eigenvalue weighted by molar-refractivity contribution is -0.305. The molecule has 71 heavy (non-hydrogen) atoms. The Labute approximate surface area is 432 Å². The number of aliphatic hydroxyl groups is 5. The number of hydrogen-bond acceptors (Lipinski definition) is 10. The second-order valence-electron chi connectivity index (χ2n) is 19.7. The first-order valence-electron chi connectivity index (χ1n) is 28.7. The standard InChI is InChI=1S/C60H105NO10/c1-4-7-10-13-16-19-22-25-26-27-30-32-35-38-41-44-47-53(64)59(68)61-51(52(63)46-43-40-37-34-31-28-23-20-17-14-11-8-5-2)50-69-60-58(57(67)56(66)54(49-62)70-60)71-55(65)48-45-42-39-36-33-29-24-21-18-15-12-9-6-3/h16,19,25-26,29-30,32-33,38,41,43,46,51-54,56-58,60,62-64,66-67H,4-15,17-18,20-24,27-28,31,34-37,39-40,42,44-45,47-50H2,1-3H3,(H,61,68)/b19-16-,26-25-,32-30-,33-29-,41-38-,46-43+. The molecular weight excluding hydrogens is 895 g/mol. The summed E-state index contributed by atoms with van der Waals surface area (Å²) in [6.45, 7) is 5.69. The van der Waals surface area contributed by atoms with E-state index in [4.69, 9.17) is 14.2 Å². The van der Waals surface area contributed by atoms with Crippen molar-refractivity contribution in [3.05, 3.63) is 72.9 Å². The van der Waals surface area contributed by atoms with Crippen molar-refractivity contribution in [1.29, 1.82) is 0 Å². The number of nitrogens with one attached hydrogen (secondary N) is 1. The summed E-state index contributed by atoms with van der Waals surface area (Å²) in [6.07, 6.45) is 49.5. The van der Waals surface area contributed by atoms with Crippen LogP contribution < -0.4 is 5.32 Å². The van der Waals surface area contributed by atoms with Gasteiger partial charge in [-0.25, -0.2) is 0 Å². The van der Waals surface area contributed by atoms with E-state index < -0.39 is 67.4 Å². The van der Waals surface area contributed by atoms with Crippen LogP contribution in [-0.4, -0.2) is 99.6 Å². The molecule has 1 fully saturated rings. The van der Waals surface area contributed by atoms with Crippen LogP contribution in [0.5, 0.6) is 0 Å². The van der Waals surface area contributed by atoms with Crippen molar-refractivity contribution in [3.8, 4) is 0 Å². The molecule has 0 aromatic heterocycles. The lowest BCUT2D eigenvalue weighted by Gasteiger charge is -2.41. The molecule has 0 aromatic rings. The zero-order valence-electron chi connectivity index (χ0n) is 45.1. The number of aliphatic hydroxyl groups excluding tert-OH is 5. The van der Waals surface area contributed by atoms with E-state index in [2.05, 4.69) is 74.7 Å². The number of ether oxygens (including phenoxy) is 3. The summed E-state index contributed by atoms with van der Waals surface area (Å²) in [5.74, 6) is -1.27. The average molecular weight is 1000 g/mol. The summed E-state index contributed by atoms with van der Waals surface area (Å²) in [7, 11) is 0. The molecule has 0 radical (unpaired) electrons.